The molecule has 0 aliphatic heterocycles. The second kappa shape index (κ2) is 6.24. The molecule has 6 heteroatoms. The van der Waals surface area contributed by atoms with Crippen LogP contribution in [-0.4, -0.2) is 41.5 Å². The number of aromatic nitrogens is 2. The van der Waals surface area contributed by atoms with Crippen molar-refractivity contribution in [3.63, 3.8) is 0 Å². The zero-order valence-electron chi connectivity index (χ0n) is 10.1. The summed E-state index contributed by atoms with van der Waals surface area (Å²) in [6.07, 6.45) is 1.74. The first-order valence-corrected chi connectivity index (χ1v) is 5.40. The predicted molar refractivity (Wildman–Crippen MR) is 66.2 cm³/mol. The summed E-state index contributed by atoms with van der Waals surface area (Å²) in [6.45, 7) is 6.97. The average molecular weight is 224 g/mol. The van der Waals surface area contributed by atoms with Crippen LogP contribution >= 0.6 is 0 Å². The molecule has 0 aliphatic carbocycles. The van der Waals surface area contributed by atoms with E-state index in [0.717, 1.165) is 31.0 Å². The molecule has 0 amide bonds. The van der Waals surface area contributed by atoms with E-state index in [2.05, 4.69) is 39.6 Å². The maximum absolute atomic E-state index is 5.26. The number of hydrogen-bond donors (Lipinski definition) is 3. The van der Waals surface area contributed by atoms with Crippen LogP contribution in [0.5, 0.6) is 0 Å². The van der Waals surface area contributed by atoms with Crippen LogP contribution in [0.25, 0.3) is 0 Å². The van der Waals surface area contributed by atoms with Crippen molar-refractivity contribution in [3.8, 4) is 0 Å². The normalized spacial score (nSPS) is 10.6. The molecule has 1 aromatic rings. The Labute approximate surface area is 96.2 Å². The zero-order valence-corrected chi connectivity index (χ0v) is 10.1. The summed E-state index contributed by atoms with van der Waals surface area (Å²) in [5, 5.41) is 3.26. The molecular formula is C10H20N6. The van der Waals surface area contributed by atoms with E-state index in [9.17, 15) is 0 Å². The summed E-state index contributed by atoms with van der Waals surface area (Å²) in [5.41, 5.74) is 3.44. The van der Waals surface area contributed by atoms with Crippen molar-refractivity contribution in [3.05, 3.63) is 11.8 Å². The van der Waals surface area contributed by atoms with E-state index in [0.29, 0.717) is 5.95 Å². The van der Waals surface area contributed by atoms with Gasteiger partial charge in [-0.25, -0.2) is 10.8 Å². The van der Waals surface area contributed by atoms with Gasteiger partial charge in [0.1, 0.15) is 5.82 Å². The summed E-state index contributed by atoms with van der Waals surface area (Å²) in [4.78, 5) is 10.5. The van der Waals surface area contributed by atoms with Crippen LogP contribution in [0.1, 0.15) is 12.5 Å². The van der Waals surface area contributed by atoms with Gasteiger partial charge in [-0.3, -0.25) is 5.43 Å². The molecule has 0 atom stereocenters. The van der Waals surface area contributed by atoms with E-state index in [1.54, 1.807) is 6.20 Å². The second-order valence-corrected chi connectivity index (χ2v) is 3.69. The SMILES string of the molecule is CCN(C)CCNc1nc(NN)ncc1C. The molecule has 0 fully saturated rings. The van der Waals surface area contributed by atoms with Crippen LogP contribution < -0.4 is 16.6 Å². The Bertz CT molecular complexity index is 327. The van der Waals surface area contributed by atoms with E-state index >= 15 is 0 Å². The van der Waals surface area contributed by atoms with Crippen molar-refractivity contribution in [2.45, 2.75) is 13.8 Å². The molecule has 0 unspecified atom stereocenters. The number of nitrogens with one attached hydrogen (secondary N) is 2. The van der Waals surface area contributed by atoms with Gasteiger partial charge >= 0.3 is 0 Å². The van der Waals surface area contributed by atoms with Crippen molar-refractivity contribution in [2.24, 2.45) is 5.84 Å². The minimum absolute atomic E-state index is 0.428. The summed E-state index contributed by atoms with van der Waals surface area (Å²) in [6, 6.07) is 0. The Morgan fingerprint density at radius 2 is 2.25 bits per heavy atom. The van der Waals surface area contributed by atoms with Crippen molar-refractivity contribution in [1.82, 2.24) is 14.9 Å². The number of nitrogen functional groups attached to an aromatic ring is 1. The first kappa shape index (κ1) is 12.7. The number of hydrazine groups is 1. The highest BCUT2D eigenvalue weighted by molar-refractivity contribution is 5.45. The van der Waals surface area contributed by atoms with Gasteiger partial charge in [0.25, 0.3) is 0 Å². The average Bonchev–Trinajstić information content (AvgIpc) is 2.31. The number of rotatable bonds is 6. The number of aryl methyl sites for hydroxylation is 1. The molecule has 0 bridgehead atoms. The highest BCUT2D eigenvalue weighted by atomic mass is 15.3. The summed E-state index contributed by atoms with van der Waals surface area (Å²) in [5.74, 6) is 6.51. The maximum Gasteiger partial charge on any atom is 0.239 e. The third kappa shape index (κ3) is 3.63. The molecule has 1 rings (SSSR count). The van der Waals surface area contributed by atoms with Gasteiger partial charge in [-0.05, 0) is 20.5 Å². The molecule has 6 nitrogen and oxygen atoms in total. The van der Waals surface area contributed by atoms with Crippen molar-refractivity contribution < 1.29 is 0 Å². The molecule has 16 heavy (non-hydrogen) atoms. The Morgan fingerprint density at radius 3 is 2.88 bits per heavy atom. The summed E-state index contributed by atoms with van der Waals surface area (Å²) in [7, 11) is 2.08. The van der Waals surface area contributed by atoms with Gasteiger partial charge in [0.05, 0.1) is 0 Å². The predicted octanol–water partition coefficient (Wildman–Crippen LogP) is 0.434. The van der Waals surface area contributed by atoms with Crippen LogP contribution in [0.2, 0.25) is 0 Å². The smallest absolute Gasteiger partial charge is 0.239 e. The highest BCUT2D eigenvalue weighted by Crippen LogP contribution is 2.11. The lowest BCUT2D eigenvalue weighted by atomic mass is 10.3. The standard InChI is InChI=1S/C10H20N6/c1-4-16(3)6-5-12-9-8(2)7-13-10(14-9)15-11/h7H,4-6,11H2,1-3H3,(H2,12,13,14,15). The first-order valence-electron chi connectivity index (χ1n) is 5.40. The number of nitrogens with zero attached hydrogens (tertiary/aromatic N) is 3. The molecule has 0 aliphatic rings. The van der Waals surface area contributed by atoms with Gasteiger partial charge in [0.2, 0.25) is 5.95 Å². The van der Waals surface area contributed by atoms with Gasteiger partial charge in [-0.15, -0.1) is 0 Å². The fraction of sp³-hybridized carbons (Fsp3) is 0.600. The van der Waals surface area contributed by atoms with Gasteiger partial charge in [-0.1, -0.05) is 6.92 Å². The fourth-order valence-electron chi connectivity index (χ4n) is 1.21. The monoisotopic (exact) mass is 224 g/mol. The number of hydrogen-bond acceptors (Lipinski definition) is 6. The van der Waals surface area contributed by atoms with Crippen LogP contribution in [0.3, 0.4) is 0 Å². The molecule has 1 heterocycles. The minimum atomic E-state index is 0.428. The minimum Gasteiger partial charge on any atom is -0.368 e. The van der Waals surface area contributed by atoms with Crippen molar-refractivity contribution in [1.29, 1.82) is 0 Å². The van der Waals surface area contributed by atoms with E-state index in [1.165, 1.54) is 0 Å². The Balaban J connectivity index is 2.52. The van der Waals surface area contributed by atoms with Crippen LogP contribution in [-0.2, 0) is 0 Å². The molecule has 0 saturated carbocycles. The largest absolute Gasteiger partial charge is 0.368 e. The quantitative estimate of drug-likeness (QED) is 0.480. The Hall–Kier alpha value is -1.40. The maximum atomic E-state index is 5.26. The summed E-state index contributed by atoms with van der Waals surface area (Å²) >= 11 is 0. The highest BCUT2D eigenvalue weighted by Gasteiger charge is 2.02. The van der Waals surface area contributed by atoms with Crippen LogP contribution in [0.4, 0.5) is 11.8 Å². The van der Waals surface area contributed by atoms with Gasteiger partial charge < -0.3 is 10.2 Å². The van der Waals surface area contributed by atoms with Crippen LogP contribution in [0, 0.1) is 6.92 Å². The van der Waals surface area contributed by atoms with Gasteiger partial charge in [0, 0.05) is 24.8 Å². The van der Waals surface area contributed by atoms with Gasteiger partial charge in [0.15, 0.2) is 0 Å². The van der Waals surface area contributed by atoms with Crippen molar-refractivity contribution >= 4 is 11.8 Å². The Morgan fingerprint density at radius 1 is 1.50 bits per heavy atom. The third-order valence-corrected chi connectivity index (χ3v) is 2.43. The lowest BCUT2D eigenvalue weighted by molar-refractivity contribution is 0.367. The number of likely N-dealkylation sites (N-methyl/N-ethyl adjacent to an activating group) is 1. The topological polar surface area (TPSA) is 79.1 Å². The molecule has 90 valence electrons. The van der Waals surface area contributed by atoms with E-state index in [1.807, 2.05) is 6.92 Å². The lowest BCUT2D eigenvalue weighted by Gasteiger charge is -2.15. The zero-order chi connectivity index (χ0) is 12.0. The molecule has 1 aromatic heterocycles. The van der Waals surface area contributed by atoms with E-state index in [4.69, 9.17) is 5.84 Å². The van der Waals surface area contributed by atoms with Gasteiger partial charge in [-0.2, -0.15) is 4.98 Å². The molecule has 0 saturated heterocycles. The molecular weight excluding hydrogens is 204 g/mol. The van der Waals surface area contributed by atoms with Crippen LogP contribution in [0.15, 0.2) is 6.20 Å². The van der Waals surface area contributed by atoms with E-state index < -0.39 is 0 Å². The molecule has 0 aromatic carbocycles. The van der Waals surface area contributed by atoms with E-state index in [-0.39, 0.29) is 0 Å². The summed E-state index contributed by atoms with van der Waals surface area (Å²) < 4.78 is 0. The molecule has 0 radical (unpaired) electrons. The Kier molecular flexibility index (Phi) is 4.94. The first-order chi connectivity index (χ1) is 7.67. The third-order valence-electron chi connectivity index (χ3n) is 2.43. The second-order valence-electron chi connectivity index (χ2n) is 3.69. The lowest BCUT2D eigenvalue weighted by Crippen LogP contribution is -2.25. The molecule has 4 N–H and O–H groups in total. The van der Waals surface area contributed by atoms with Crippen molar-refractivity contribution in [2.75, 3.05) is 37.4 Å². The number of anilines is 2. The molecule has 0 spiro atoms. The number of nitrogens with two attached hydrogens (primary N) is 1. The fourth-order valence-corrected chi connectivity index (χ4v) is 1.21.